The Morgan fingerprint density at radius 2 is 2.15 bits per heavy atom. The first-order chi connectivity index (χ1) is 9.85. The van der Waals surface area contributed by atoms with E-state index in [0.717, 1.165) is 17.7 Å². The largest absolute Gasteiger partial charge is 0.497 e. The Hall–Kier alpha value is -1.28. The zero-order valence-corrected chi connectivity index (χ0v) is 12.3. The lowest BCUT2D eigenvalue weighted by atomic mass is 9.75. The smallest absolute Gasteiger partial charge is 0.119 e. The molecule has 0 bridgehead atoms. The molecular formula is C18H25NO. The van der Waals surface area contributed by atoms with Crippen molar-refractivity contribution in [1.82, 2.24) is 5.32 Å². The van der Waals surface area contributed by atoms with Gasteiger partial charge in [0.05, 0.1) is 7.11 Å². The average molecular weight is 271 g/mol. The lowest BCUT2D eigenvalue weighted by molar-refractivity contribution is 0.271. The van der Waals surface area contributed by atoms with Crippen LogP contribution in [0.4, 0.5) is 0 Å². The van der Waals surface area contributed by atoms with Gasteiger partial charge in [-0.1, -0.05) is 24.3 Å². The van der Waals surface area contributed by atoms with Crippen molar-refractivity contribution < 1.29 is 4.74 Å². The second kappa shape index (κ2) is 6.45. The van der Waals surface area contributed by atoms with Gasteiger partial charge in [0.25, 0.3) is 0 Å². The minimum Gasteiger partial charge on any atom is -0.497 e. The number of nitrogens with one attached hydrogen (secondary N) is 1. The van der Waals surface area contributed by atoms with Gasteiger partial charge in [-0.25, -0.2) is 0 Å². The monoisotopic (exact) mass is 271 g/mol. The molecule has 0 spiro atoms. The highest BCUT2D eigenvalue weighted by Crippen LogP contribution is 2.38. The van der Waals surface area contributed by atoms with Gasteiger partial charge in [-0.05, 0) is 68.2 Å². The van der Waals surface area contributed by atoms with Gasteiger partial charge in [0.15, 0.2) is 0 Å². The molecule has 0 saturated heterocycles. The molecule has 20 heavy (non-hydrogen) atoms. The van der Waals surface area contributed by atoms with E-state index in [4.69, 9.17) is 4.74 Å². The molecule has 2 aliphatic carbocycles. The molecule has 2 aliphatic rings. The number of methoxy groups -OCH3 is 1. The lowest BCUT2D eigenvalue weighted by Gasteiger charge is -2.37. The number of benzene rings is 1. The molecular weight excluding hydrogens is 246 g/mol. The van der Waals surface area contributed by atoms with Gasteiger partial charge < -0.3 is 10.1 Å². The van der Waals surface area contributed by atoms with Crippen molar-refractivity contribution in [3.05, 3.63) is 42.0 Å². The summed E-state index contributed by atoms with van der Waals surface area (Å²) in [5, 5.41) is 3.75. The Morgan fingerprint density at radius 1 is 1.25 bits per heavy atom. The number of hydrogen-bond donors (Lipinski definition) is 1. The van der Waals surface area contributed by atoms with Crippen LogP contribution in [-0.4, -0.2) is 19.7 Å². The van der Waals surface area contributed by atoms with Crippen LogP contribution in [0.2, 0.25) is 0 Å². The molecule has 0 aliphatic heterocycles. The number of hydrogen-bond acceptors (Lipinski definition) is 2. The third-order valence-corrected chi connectivity index (χ3v) is 4.78. The summed E-state index contributed by atoms with van der Waals surface area (Å²) < 4.78 is 5.31. The van der Waals surface area contributed by atoms with Gasteiger partial charge >= 0.3 is 0 Å². The molecule has 2 nitrogen and oxygen atoms in total. The first kappa shape index (κ1) is 13.7. The molecule has 0 amide bonds. The molecule has 1 saturated carbocycles. The Morgan fingerprint density at radius 3 is 2.90 bits per heavy atom. The Balaban J connectivity index is 1.43. The molecule has 1 aromatic rings. The summed E-state index contributed by atoms with van der Waals surface area (Å²) in [4.78, 5) is 0. The van der Waals surface area contributed by atoms with Crippen LogP contribution in [0.3, 0.4) is 0 Å². The van der Waals surface area contributed by atoms with Crippen LogP contribution in [0.5, 0.6) is 5.75 Å². The van der Waals surface area contributed by atoms with Gasteiger partial charge in [0.1, 0.15) is 5.75 Å². The van der Waals surface area contributed by atoms with Gasteiger partial charge in [-0.3, -0.25) is 0 Å². The SMILES string of the molecule is COc1cccc(C2CC(NCC3CC=CCC3)C2)c1. The highest BCUT2D eigenvalue weighted by atomic mass is 16.5. The van der Waals surface area contributed by atoms with Crippen molar-refractivity contribution in [3.8, 4) is 5.75 Å². The van der Waals surface area contributed by atoms with Crippen LogP contribution < -0.4 is 10.1 Å². The van der Waals surface area contributed by atoms with Gasteiger partial charge in [0, 0.05) is 6.04 Å². The van der Waals surface area contributed by atoms with E-state index in [-0.39, 0.29) is 0 Å². The quantitative estimate of drug-likeness (QED) is 0.820. The van der Waals surface area contributed by atoms with Crippen molar-refractivity contribution in [1.29, 1.82) is 0 Å². The number of rotatable bonds is 5. The van der Waals surface area contributed by atoms with Crippen LogP contribution >= 0.6 is 0 Å². The van der Waals surface area contributed by atoms with Crippen LogP contribution in [0.25, 0.3) is 0 Å². The number of allylic oxidation sites excluding steroid dienone is 2. The minimum absolute atomic E-state index is 0.717. The zero-order valence-electron chi connectivity index (χ0n) is 12.3. The average Bonchev–Trinajstić information content (AvgIpc) is 2.47. The van der Waals surface area contributed by atoms with Crippen molar-refractivity contribution in [3.63, 3.8) is 0 Å². The topological polar surface area (TPSA) is 21.3 Å². The van der Waals surface area contributed by atoms with E-state index < -0.39 is 0 Å². The molecule has 1 N–H and O–H groups in total. The van der Waals surface area contributed by atoms with Crippen molar-refractivity contribution in [2.75, 3.05) is 13.7 Å². The second-order valence-corrected chi connectivity index (χ2v) is 6.20. The first-order valence-corrected chi connectivity index (χ1v) is 7.87. The molecule has 3 rings (SSSR count). The van der Waals surface area contributed by atoms with E-state index in [0.29, 0.717) is 5.92 Å². The maximum absolute atomic E-state index is 5.31. The highest BCUT2D eigenvalue weighted by Gasteiger charge is 2.30. The molecule has 1 aromatic carbocycles. The maximum Gasteiger partial charge on any atom is 0.119 e. The standard InChI is InChI=1S/C18H25NO/c1-20-18-9-5-8-15(12-18)16-10-17(11-16)19-13-14-6-3-2-4-7-14/h2-3,5,8-9,12,14,16-17,19H,4,6-7,10-11,13H2,1H3. The fourth-order valence-corrected chi connectivity index (χ4v) is 3.33. The van der Waals surface area contributed by atoms with E-state index in [1.165, 1.54) is 44.2 Å². The Labute approximate surface area is 122 Å². The summed E-state index contributed by atoms with van der Waals surface area (Å²) in [6.07, 6.45) is 11.1. The predicted molar refractivity (Wildman–Crippen MR) is 83.2 cm³/mol. The second-order valence-electron chi connectivity index (χ2n) is 6.20. The third kappa shape index (κ3) is 3.24. The van der Waals surface area contributed by atoms with E-state index in [9.17, 15) is 0 Å². The predicted octanol–water partition coefficient (Wildman–Crippen LogP) is 3.89. The first-order valence-electron chi connectivity index (χ1n) is 7.87. The summed E-state index contributed by atoms with van der Waals surface area (Å²) in [5.41, 5.74) is 1.43. The molecule has 2 heteroatoms. The summed E-state index contributed by atoms with van der Waals surface area (Å²) in [7, 11) is 1.74. The molecule has 108 valence electrons. The molecule has 0 heterocycles. The highest BCUT2D eigenvalue weighted by molar-refractivity contribution is 5.32. The van der Waals surface area contributed by atoms with E-state index >= 15 is 0 Å². The number of ether oxygens (including phenoxy) is 1. The Kier molecular flexibility index (Phi) is 4.41. The molecule has 0 aromatic heterocycles. The Bertz CT molecular complexity index is 462. The summed E-state index contributed by atoms with van der Waals surface area (Å²) in [6, 6.07) is 9.26. The van der Waals surface area contributed by atoms with Crippen molar-refractivity contribution in [2.24, 2.45) is 5.92 Å². The lowest BCUT2D eigenvalue weighted by Crippen LogP contribution is -2.42. The molecule has 1 atom stereocenters. The third-order valence-electron chi connectivity index (χ3n) is 4.78. The van der Waals surface area contributed by atoms with Gasteiger partial charge in [0.2, 0.25) is 0 Å². The van der Waals surface area contributed by atoms with Crippen LogP contribution in [0, 0.1) is 5.92 Å². The fourth-order valence-electron chi connectivity index (χ4n) is 3.33. The van der Waals surface area contributed by atoms with E-state index in [1.54, 1.807) is 7.11 Å². The normalized spacial score (nSPS) is 28.9. The molecule has 1 fully saturated rings. The molecule has 1 unspecified atom stereocenters. The maximum atomic E-state index is 5.31. The van der Waals surface area contributed by atoms with Crippen LogP contribution in [0.15, 0.2) is 36.4 Å². The zero-order chi connectivity index (χ0) is 13.8. The van der Waals surface area contributed by atoms with Crippen molar-refractivity contribution in [2.45, 2.75) is 44.1 Å². The van der Waals surface area contributed by atoms with Crippen LogP contribution in [0.1, 0.15) is 43.6 Å². The molecule has 0 radical (unpaired) electrons. The van der Waals surface area contributed by atoms with Crippen LogP contribution in [-0.2, 0) is 0 Å². The summed E-state index contributed by atoms with van der Waals surface area (Å²) in [5.74, 6) is 2.55. The fraction of sp³-hybridized carbons (Fsp3) is 0.556. The van der Waals surface area contributed by atoms with Gasteiger partial charge in [-0.15, -0.1) is 0 Å². The summed E-state index contributed by atoms with van der Waals surface area (Å²) in [6.45, 7) is 1.19. The summed E-state index contributed by atoms with van der Waals surface area (Å²) >= 11 is 0. The van der Waals surface area contributed by atoms with E-state index in [1.807, 2.05) is 6.07 Å². The van der Waals surface area contributed by atoms with E-state index in [2.05, 4.69) is 35.7 Å². The van der Waals surface area contributed by atoms with Gasteiger partial charge in [-0.2, -0.15) is 0 Å². The minimum atomic E-state index is 0.717. The van der Waals surface area contributed by atoms with Crippen molar-refractivity contribution >= 4 is 0 Å².